The van der Waals surface area contributed by atoms with E-state index in [0.717, 1.165) is 42.4 Å². The van der Waals surface area contributed by atoms with Crippen LogP contribution in [0.5, 0.6) is 0 Å². The molecule has 128 valence electrons. The zero-order valence-electron chi connectivity index (χ0n) is 14.2. The van der Waals surface area contributed by atoms with Crippen molar-refractivity contribution in [3.8, 4) is 0 Å². The molecule has 1 aliphatic rings. The molecule has 3 N–H and O–H groups in total. The quantitative estimate of drug-likeness (QED) is 0.624. The van der Waals surface area contributed by atoms with Crippen LogP contribution in [0.15, 0.2) is 34.6 Å². The Morgan fingerprint density at radius 2 is 2.21 bits per heavy atom. The van der Waals surface area contributed by atoms with Gasteiger partial charge in [-0.05, 0) is 37.0 Å². The molecule has 24 heavy (non-hydrogen) atoms. The highest BCUT2D eigenvalue weighted by atomic mass is 32.1. The molecule has 0 unspecified atom stereocenters. The average molecular weight is 344 g/mol. The number of rotatable bonds is 6. The Labute approximate surface area is 147 Å². The van der Waals surface area contributed by atoms with Crippen molar-refractivity contribution < 1.29 is 0 Å². The van der Waals surface area contributed by atoms with E-state index in [2.05, 4.69) is 39.6 Å². The van der Waals surface area contributed by atoms with Crippen LogP contribution >= 0.6 is 11.3 Å². The first-order valence-corrected chi connectivity index (χ1v) is 9.48. The van der Waals surface area contributed by atoms with Crippen LogP contribution in [0.2, 0.25) is 0 Å². The third-order valence-electron chi connectivity index (χ3n) is 4.17. The first kappa shape index (κ1) is 16.8. The third kappa shape index (κ3) is 4.47. The Morgan fingerprint density at radius 1 is 1.38 bits per heavy atom. The summed E-state index contributed by atoms with van der Waals surface area (Å²) in [6, 6.07) is 8.25. The van der Waals surface area contributed by atoms with Crippen molar-refractivity contribution in [1.82, 2.24) is 4.98 Å². The van der Waals surface area contributed by atoms with Crippen LogP contribution in [-0.4, -0.2) is 30.6 Å². The van der Waals surface area contributed by atoms with Crippen molar-refractivity contribution in [2.45, 2.75) is 32.6 Å². The topological polar surface area (TPSA) is 66.5 Å². The maximum Gasteiger partial charge on any atom is 0.193 e. The summed E-state index contributed by atoms with van der Waals surface area (Å²) in [5, 5.41) is 6.44. The molecule has 2 aromatic rings. The first-order chi connectivity index (χ1) is 11.7. The van der Waals surface area contributed by atoms with Gasteiger partial charge in [0.05, 0.1) is 5.69 Å². The van der Waals surface area contributed by atoms with Crippen molar-refractivity contribution in [2.75, 3.05) is 29.9 Å². The molecule has 1 aromatic carbocycles. The molecule has 1 aliphatic heterocycles. The number of benzene rings is 1. The maximum atomic E-state index is 5.98. The Morgan fingerprint density at radius 3 is 3.00 bits per heavy atom. The predicted molar refractivity (Wildman–Crippen MR) is 103 cm³/mol. The van der Waals surface area contributed by atoms with E-state index in [1.54, 1.807) is 11.3 Å². The molecule has 0 atom stereocenters. The predicted octanol–water partition coefficient (Wildman–Crippen LogP) is 3.28. The van der Waals surface area contributed by atoms with E-state index in [1.165, 1.54) is 18.4 Å². The molecular weight excluding hydrogens is 318 g/mol. The summed E-state index contributed by atoms with van der Waals surface area (Å²) in [6.45, 7) is 5.06. The van der Waals surface area contributed by atoms with E-state index in [-0.39, 0.29) is 0 Å². The number of aliphatic imine (C=N–C) groups is 1. The minimum Gasteiger partial charge on any atom is -0.370 e. The van der Waals surface area contributed by atoms with E-state index in [1.807, 2.05) is 12.1 Å². The summed E-state index contributed by atoms with van der Waals surface area (Å²) in [5.41, 5.74) is 9.35. The molecule has 1 fully saturated rings. The van der Waals surface area contributed by atoms with Crippen molar-refractivity contribution >= 4 is 28.1 Å². The number of hydrogen-bond acceptors (Lipinski definition) is 4. The number of nitrogens with zero attached hydrogens (tertiary/aromatic N) is 3. The molecule has 2 heterocycles. The van der Waals surface area contributed by atoms with Gasteiger partial charge in [0.15, 0.2) is 11.1 Å². The average Bonchev–Trinajstić information content (AvgIpc) is 3.26. The second-order valence-corrected chi connectivity index (χ2v) is 6.85. The smallest absolute Gasteiger partial charge is 0.193 e. The molecule has 1 aromatic heterocycles. The van der Waals surface area contributed by atoms with Gasteiger partial charge in [0.1, 0.15) is 0 Å². The Balaban J connectivity index is 1.50. The molecule has 0 bridgehead atoms. The summed E-state index contributed by atoms with van der Waals surface area (Å²) in [4.78, 5) is 11.5. The van der Waals surface area contributed by atoms with Crippen LogP contribution in [0.4, 0.5) is 10.8 Å². The highest BCUT2D eigenvalue weighted by Gasteiger charge is 2.15. The van der Waals surface area contributed by atoms with Gasteiger partial charge in [-0.3, -0.25) is 4.99 Å². The lowest BCUT2D eigenvalue weighted by molar-refractivity contribution is 0.907. The SMILES string of the molecule is CCc1cccc(NC(N)=NCCc2csc(N3CCCC3)n2)c1. The largest absolute Gasteiger partial charge is 0.370 e. The molecule has 5 nitrogen and oxygen atoms in total. The standard InChI is InChI=1S/C18H25N5S/c1-2-14-6-5-7-15(12-14)21-17(19)20-9-8-16-13-24-18(22-16)23-10-3-4-11-23/h5-7,12-13H,2-4,8-11H2,1H3,(H3,19,20,21). The number of aromatic nitrogens is 1. The Bertz CT molecular complexity index is 688. The van der Waals surface area contributed by atoms with Gasteiger partial charge in [0, 0.05) is 37.1 Å². The monoisotopic (exact) mass is 343 g/mol. The zero-order chi connectivity index (χ0) is 16.8. The molecule has 0 radical (unpaired) electrons. The van der Waals surface area contributed by atoms with Gasteiger partial charge in [0.25, 0.3) is 0 Å². The summed E-state index contributed by atoms with van der Waals surface area (Å²) in [7, 11) is 0. The van der Waals surface area contributed by atoms with Gasteiger partial charge >= 0.3 is 0 Å². The van der Waals surface area contributed by atoms with Gasteiger partial charge in [-0.15, -0.1) is 11.3 Å². The second-order valence-electron chi connectivity index (χ2n) is 6.01. The van der Waals surface area contributed by atoms with Crippen molar-refractivity contribution in [3.05, 3.63) is 40.9 Å². The van der Waals surface area contributed by atoms with E-state index in [9.17, 15) is 0 Å². The number of guanidine groups is 1. The minimum atomic E-state index is 0.457. The van der Waals surface area contributed by atoms with Crippen molar-refractivity contribution in [3.63, 3.8) is 0 Å². The normalized spacial score (nSPS) is 15.0. The molecule has 0 amide bonds. The van der Waals surface area contributed by atoms with E-state index < -0.39 is 0 Å². The maximum absolute atomic E-state index is 5.98. The summed E-state index contributed by atoms with van der Waals surface area (Å²) < 4.78 is 0. The van der Waals surface area contributed by atoms with Gasteiger partial charge in [-0.2, -0.15) is 0 Å². The number of anilines is 2. The highest BCUT2D eigenvalue weighted by molar-refractivity contribution is 7.13. The van der Waals surface area contributed by atoms with Crippen LogP contribution in [0.25, 0.3) is 0 Å². The fraction of sp³-hybridized carbons (Fsp3) is 0.444. The van der Waals surface area contributed by atoms with Crippen LogP contribution in [0, 0.1) is 0 Å². The van der Waals surface area contributed by atoms with Gasteiger partial charge in [-0.25, -0.2) is 4.98 Å². The lowest BCUT2D eigenvalue weighted by Gasteiger charge is -2.12. The second kappa shape index (κ2) is 8.15. The summed E-state index contributed by atoms with van der Waals surface area (Å²) in [5.74, 6) is 0.457. The number of nitrogens with one attached hydrogen (secondary N) is 1. The fourth-order valence-electron chi connectivity index (χ4n) is 2.81. The lowest BCUT2D eigenvalue weighted by Crippen LogP contribution is -2.23. The highest BCUT2D eigenvalue weighted by Crippen LogP contribution is 2.24. The first-order valence-electron chi connectivity index (χ1n) is 8.60. The van der Waals surface area contributed by atoms with E-state index in [4.69, 9.17) is 10.7 Å². The van der Waals surface area contributed by atoms with Crippen LogP contribution in [0.1, 0.15) is 31.0 Å². The van der Waals surface area contributed by atoms with E-state index in [0.29, 0.717) is 12.5 Å². The van der Waals surface area contributed by atoms with Crippen molar-refractivity contribution in [2.24, 2.45) is 10.7 Å². The third-order valence-corrected chi connectivity index (χ3v) is 5.12. The van der Waals surface area contributed by atoms with Crippen LogP contribution < -0.4 is 16.0 Å². The number of nitrogens with two attached hydrogens (primary N) is 1. The van der Waals surface area contributed by atoms with Crippen molar-refractivity contribution in [1.29, 1.82) is 0 Å². The molecule has 0 aliphatic carbocycles. The summed E-state index contributed by atoms with van der Waals surface area (Å²) >= 11 is 1.73. The zero-order valence-corrected chi connectivity index (χ0v) is 15.0. The van der Waals surface area contributed by atoms with E-state index >= 15 is 0 Å². The molecule has 0 spiro atoms. The lowest BCUT2D eigenvalue weighted by atomic mass is 10.1. The van der Waals surface area contributed by atoms with Gasteiger partial charge in [0.2, 0.25) is 0 Å². The Hall–Kier alpha value is -2.08. The van der Waals surface area contributed by atoms with Gasteiger partial charge in [-0.1, -0.05) is 19.1 Å². The van der Waals surface area contributed by atoms with Crippen LogP contribution in [-0.2, 0) is 12.8 Å². The molecular formula is C18H25N5S. The van der Waals surface area contributed by atoms with Gasteiger partial charge < -0.3 is 16.0 Å². The minimum absolute atomic E-state index is 0.457. The number of hydrogen-bond donors (Lipinski definition) is 2. The molecule has 1 saturated heterocycles. The molecule has 3 rings (SSSR count). The fourth-order valence-corrected chi connectivity index (χ4v) is 3.73. The Kier molecular flexibility index (Phi) is 5.69. The number of aryl methyl sites for hydroxylation is 1. The summed E-state index contributed by atoms with van der Waals surface area (Å²) in [6.07, 6.45) is 4.39. The molecule has 6 heteroatoms. The number of thiazole rings is 1. The van der Waals surface area contributed by atoms with Crippen LogP contribution in [0.3, 0.4) is 0 Å². The molecule has 0 saturated carbocycles.